The van der Waals surface area contributed by atoms with E-state index in [1.54, 1.807) is 31.3 Å². The first-order valence-corrected chi connectivity index (χ1v) is 7.46. The molecule has 1 rings (SSSR count). The van der Waals surface area contributed by atoms with Crippen LogP contribution in [0.4, 0.5) is 16.2 Å². The van der Waals surface area contributed by atoms with Crippen LogP contribution in [0, 0.1) is 0 Å². The van der Waals surface area contributed by atoms with Crippen molar-refractivity contribution in [2.45, 2.75) is 45.8 Å². The van der Waals surface area contributed by atoms with Gasteiger partial charge in [-0.3, -0.25) is 5.32 Å². The van der Waals surface area contributed by atoms with Crippen molar-refractivity contribution in [1.29, 1.82) is 0 Å². The van der Waals surface area contributed by atoms with Gasteiger partial charge in [0, 0.05) is 12.7 Å². The Balaban J connectivity index is 2.90. The molecule has 1 aromatic carbocycles. The van der Waals surface area contributed by atoms with E-state index in [4.69, 9.17) is 15.2 Å². The summed E-state index contributed by atoms with van der Waals surface area (Å²) in [5.41, 5.74) is 5.71. The van der Waals surface area contributed by atoms with Crippen LogP contribution in [-0.4, -0.2) is 24.3 Å². The molecule has 0 atom stereocenters. The van der Waals surface area contributed by atoms with Crippen LogP contribution in [0.3, 0.4) is 0 Å². The molecule has 0 aliphatic rings. The maximum Gasteiger partial charge on any atom is 0.412 e. The number of nitrogens with two attached hydrogens (primary N) is 1. The second kappa shape index (κ2) is 7.26. The van der Waals surface area contributed by atoms with Gasteiger partial charge in [-0.2, -0.15) is 0 Å². The van der Waals surface area contributed by atoms with E-state index in [9.17, 15) is 4.79 Å². The normalized spacial score (nSPS) is 12.1. The predicted molar refractivity (Wildman–Crippen MR) is 93.9 cm³/mol. The Labute approximate surface area is 138 Å². The minimum absolute atomic E-state index is 0.500. The second-order valence-electron chi connectivity index (χ2n) is 6.65. The van der Waals surface area contributed by atoms with Crippen LogP contribution in [0.15, 0.2) is 30.5 Å². The minimum Gasteiger partial charge on any atom is -0.482 e. The summed E-state index contributed by atoms with van der Waals surface area (Å²) in [7, 11) is 1.78. The molecule has 0 bridgehead atoms. The Kier molecular flexibility index (Phi) is 5.90. The maximum atomic E-state index is 11.8. The zero-order valence-electron chi connectivity index (χ0n) is 14.7. The number of hydrogen-bond acceptors (Lipinski definition) is 5. The molecule has 128 valence electrons. The summed E-state index contributed by atoms with van der Waals surface area (Å²) in [4.78, 5) is 11.8. The van der Waals surface area contributed by atoms with Crippen LogP contribution in [0.25, 0.3) is 0 Å². The second-order valence-corrected chi connectivity index (χ2v) is 6.65. The number of carbonyl (C=O) groups is 1. The average Bonchev–Trinajstić information content (AvgIpc) is 2.37. The molecule has 23 heavy (non-hydrogen) atoms. The Morgan fingerprint density at radius 1 is 1.22 bits per heavy atom. The fraction of sp³-hybridized carbons (Fsp3) is 0.471. The number of hydrogen-bond donors (Lipinski definition) is 3. The molecule has 0 spiro atoms. The highest BCUT2D eigenvalue weighted by molar-refractivity contribution is 5.86. The molecule has 4 N–H and O–H groups in total. The molecule has 0 aliphatic heterocycles. The van der Waals surface area contributed by atoms with Gasteiger partial charge in [-0.25, -0.2) is 4.79 Å². The Bertz CT molecular complexity index is 575. The third kappa shape index (κ3) is 6.50. The third-order valence-electron chi connectivity index (χ3n) is 2.76. The summed E-state index contributed by atoms with van der Waals surface area (Å²) in [6.45, 7) is 9.26. The molecule has 0 aliphatic carbocycles. The van der Waals surface area contributed by atoms with Crippen molar-refractivity contribution in [2.24, 2.45) is 5.73 Å². The van der Waals surface area contributed by atoms with E-state index < -0.39 is 17.3 Å². The monoisotopic (exact) mass is 321 g/mol. The van der Waals surface area contributed by atoms with Crippen LogP contribution in [0.5, 0.6) is 5.75 Å². The van der Waals surface area contributed by atoms with Gasteiger partial charge in [0.2, 0.25) is 0 Å². The van der Waals surface area contributed by atoms with Gasteiger partial charge in [0.1, 0.15) is 17.0 Å². The molecule has 0 saturated heterocycles. The molecular weight excluding hydrogens is 294 g/mol. The van der Waals surface area contributed by atoms with E-state index in [0.717, 1.165) is 5.69 Å². The zero-order chi connectivity index (χ0) is 17.7. The van der Waals surface area contributed by atoms with Crippen molar-refractivity contribution in [3.05, 3.63) is 30.5 Å². The average molecular weight is 321 g/mol. The fourth-order valence-electron chi connectivity index (χ4n) is 1.86. The number of rotatable bonds is 5. The molecule has 0 radical (unpaired) electrons. The smallest absolute Gasteiger partial charge is 0.412 e. The Morgan fingerprint density at radius 3 is 2.39 bits per heavy atom. The molecule has 0 heterocycles. The van der Waals surface area contributed by atoms with Gasteiger partial charge in [0.25, 0.3) is 0 Å². The van der Waals surface area contributed by atoms with Crippen LogP contribution >= 0.6 is 0 Å². The lowest BCUT2D eigenvalue weighted by Crippen LogP contribution is -2.27. The molecular formula is C17H27N3O3. The Hall–Kier alpha value is -2.37. The lowest BCUT2D eigenvalue weighted by Gasteiger charge is -2.25. The lowest BCUT2D eigenvalue weighted by atomic mass is 10.1. The van der Waals surface area contributed by atoms with Crippen molar-refractivity contribution in [1.82, 2.24) is 0 Å². The SMILES string of the molecule is CNc1cc(NC(=O)OC(C)(C)C)ccc1OC(C)(C)/C=C\N. The van der Waals surface area contributed by atoms with Crippen LogP contribution in [0.1, 0.15) is 34.6 Å². The van der Waals surface area contributed by atoms with E-state index in [-0.39, 0.29) is 0 Å². The van der Waals surface area contributed by atoms with Crippen molar-refractivity contribution >= 4 is 17.5 Å². The van der Waals surface area contributed by atoms with Gasteiger partial charge >= 0.3 is 6.09 Å². The van der Waals surface area contributed by atoms with Gasteiger partial charge in [-0.15, -0.1) is 0 Å². The Morgan fingerprint density at radius 2 is 1.87 bits per heavy atom. The minimum atomic E-state index is -0.544. The molecule has 6 nitrogen and oxygen atoms in total. The van der Waals surface area contributed by atoms with E-state index >= 15 is 0 Å². The molecule has 0 saturated carbocycles. The lowest BCUT2D eigenvalue weighted by molar-refractivity contribution is 0.0636. The van der Waals surface area contributed by atoms with Crippen molar-refractivity contribution in [3.8, 4) is 5.75 Å². The quantitative estimate of drug-likeness (QED) is 0.770. The standard InChI is InChI=1S/C17H27N3O3/c1-16(2,3)23-15(21)20-12-7-8-14(13(11-12)19-6)22-17(4,5)9-10-18/h7-11,19H,18H2,1-6H3,(H,20,21)/b10-9-. The van der Waals surface area contributed by atoms with E-state index in [2.05, 4.69) is 10.6 Å². The van der Waals surface area contributed by atoms with Crippen LogP contribution < -0.4 is 21.1 Å². The van der Waals surface area contributed by atoms with Crippen LogP contribution in [0.2, 0.25) is 0 Å². The van der Waals surface area contributed by atoms with Crippen molar-refractivity contribution in [3.63, 3.8) is 0 Å². The highest BCUT2D eigenvalue weighted by Gasteiger charge is 2.19. The number of carbonyl (C=O) groups excluding carboxylic acids is 1. The largest absolute Gasteiger partial charge is 0.482 e. The van der Waals surface area contributed by atoms with Gasteiger partial charge in [0.05, 0.1) is 5.69 Å². The molecule has 6 heteroatoms. The number of nitrogens with one attached hydrogen (secondary N) is 2. The molecule has 1 aromatic rings. The van der Waals surface area contributed by atoms with Crippen molar-refractivity contribution < 1.29 is 14.3 Å². The van der Waals surface area contributed by atoms with E-state index in [1.165, 1.54) is 6.20 Å². The highest BCUT2D eigenvalue weighted by atomic mass is 16.6. The summed E-state index contributed by atoms with van der Waals surface area (Å²) in [6, 6.07) is 5.31. The van der Waals surface area contributed by atoms with Gasteiger partial charge in [0.15, 0.2) is 0 Å². The summed E-state index contributed by atoms with van der Waals surface area (Å²) < 4.78 is 11.2. The first kappa shape index (κ1) is 18.7. The first-order chi connectivity index (χ1) is 10.6. The summed E-state index contributed by atoms with van der Waals surface area (Å²) in [5, 5.41) is 5.75. The maximum absolute atomic E-state index is 11.8. The number of anilines is 2. The topological polar surface area (TPSA) is 85.6 Å². The zero-order valence-corrected chi connectivity index (χ0v) is 14.7. The van der Waals surface area contributed by atoms with Gasteiger partial charge < -0.3 is 20.5 Å². The molecule has 0 unspecified atom stereocenters. The number of amides is 1. The first-order valence-electron chi connectivity index (χ1n) is 7.46. The van der Waals surface area contributed by atoms with E-state index in [0.29, 0.717) is 11.4 Å². The summed E-state index contributed by atoms with van der Waals surface area (Å²) >= 11 is 0. The summed E-state index contributed by atoms with van der Waals surface area (Å²) in [6.07, 6.45) is 2.72. The third-order valence-corrected chi connectivity index (χ3v) is 2.76. The molecule has 1 amide bonds. The van der Waals surface area contributed by atoms with Crippen molar-refractivity contribution in [2.75, 3.05) is 17.7 Å². The van der Waals surface area contributed by atoms with E-state index in [1.807, 2.05) is 34.6 Å². The molecule has 0 fully saturated rings. The summed E-state index contributed by atoms with van der Waals surface area (Å²) in [5.74, 6) is 0.658. The van der Waals surface area contributed by atoms with Gasteiger partial charge in [-0.05, 0) is 65.1 Å². The predicted octanol–water partition coefficient (Wildman–Crippen LogP) is 3.71. The van der Waals surface area contributed by atoms with Crippen LogP contribution in [-0.2, 0) is 4.74 Å². The van der Waals surface area contributed by atoms with Gasteiger partial charge in [-0.1, -0.05) is 0 Å². The fourth-order valence-corrected chi connectivity index (χ4v) is 1.86. The highest BCUT2D eigenvalue weighted by Crippen LogP contribution is 2.31. The molecule has 0 aromatic heterocycles. The number of benzene rings is 1. The number of ether oxygens (including phenoxy) is 2.